The van der Waals surface area contributed by atoms with E-state index < -0.39 is 24.8 Å². The number of rotatable bonds is 13. The summed E-state index contributed by atoms with van der Waals surface area (Å²) in [6.07, 6.45) is -1.06. The Bertz CT molecular complexity index is 949. The Morgan fingerprint density at radius 3 is 2.26 bits per heavy atom. The van der Waals surface area contributed by atoms with E-state index in [1.165, 1.54) is 0 Å². The quantitative estimate of drug-likeness (QED) is 0.385. The number of hydrogen-bond donors (Lipinski definition) is 3. The van der Waals surface area contributed by atoms with E-state index in [9.17, 15) is 14.4 Å². The van der Waals surface area contributed by atoms with Gasteiger partial charge in [0, 0.05) is 25.6 Å². The summed E-state index contributed by atoms with van der Waals surface area (Å²) in [6, 6.07) is 16.2. The molecule has 3 N–H and O–H groups in total. The lowest BCUT2D eigenvalue weighted by molar-refractivity contribution is -0.142. The Balaban J connectivity index is 1.44. The number of carbonyl (C=O) groups excluding carboxylic acids is 2. The molecule has 0 heterocycles. The number of carbonyl (C=O) groups is 3. The second-order valence-electron chi connectivity index (χ2n) is 7.78. The van der Waals surface area contributed by atoms with Gasteiger partial charge in [-0.15, -0.1) is 0 Å². The molecule has 2 aromatic carbocycles. The van der Waals surface area contributed by atoms with Crippen LogP contribution in [-0.4, -0.2) is 68.7 Å². The standard InChI is InChI=1S/C25H30N2O7/c1-2-33-17(13-23(28)26-11-12-32-16-24(29)30)14-27-25(31)34-15-22-20-9-5-3-7-18(20)19-8-4-6-10-21(19)22/h3-10,17,22H,2,11-16H2,1H3,(H,26,28)(H,27,31)(H,29,30). The monoisotopic (exact) mass is 470 g/mol. The Morgan fingerprint density at radius 2 is 1.65 bits per heavy atom. The summed E-state index contributed by atoms with van der Waals surface area (Å²) in [7, 11) is 0. The molecular weight excluding hydrogens is 440 g/mol. The van der Waals surface area contributed by atoms with Crippen molar-refractivity contribution < 1.29 is 33.7 Å². The number of hydrogen-bond acceptors (Lipinski definition) is 6. The molecule has 34 heavy (non-hydrogen) atoms. The summed E-state index contributed by atoms with van der Waals surface area (Å²) in [5.74, 6) is -1.39. The fraction of sp³-hybridized carbons (Fsp3) is 0.400. The lowest BCUT2D eigenvalue weighted by atomic mass is 9.98. The Hall–Kier alpha value is -3.43. The highest BCUT2D eigenvalue weighted by molar-refractivity contribution is 5.79. The lowest BCUT2D eigenvalue weighted by Crippen LogP contribution is -2.38. The van der Waals surface area contributed by atoms with E-state index in [0.29, 0.717) is 6.61 Å². The second-order valence-corrected chi connectivity index (χ2v) is 7.78. The van der Waals surface area contributed by atoms with Crippen molar-refractivity contribution in [3.05, 3.63) is 59.7 Å². The molecule has 0 aromatic heterocycles. The average molecular weight is 471 g/mol. The van der Waals surface area contributed by atoms with Gasteiger partial charge < -0.3 is 30.0 Å². The smallest absolute Gasteiger partial charge is 0.407 e. The first-order valence-corrected chi connectivity index (χ1v) is 11.3. The predicted octanol–water partition coefficient (Wildman–Crippen LogP) is 2.54. The Kier molecular flexibility index (Phi) is 9.42. The predicted molar refractivity (Wildman–Crippen MR) is 125 cm³/mol. The number of nitrogens with one attached hydrogen (secondary N) is 2. The number of benzene rings is 2. The van der Waals surface area contributed by atoms with E-state index in [4.69, 9.17) is 19.3 Å². The third-order valence-corrected chi connectivity index (χ3v) is 5.43. The molecule has 182 valence electrons. The summed E-state index contributed by atoms with van der Waals surface area (Å²) in [5, 5.41) is 13.8. The van der Waals surface area contributed by atoms with Crippen LogP contribution >= 0.6 is 0 Å². The fourth-order valence-corrected chi connectivity index (χ4v) is 3.97. The summed E-state index contributed by atoms with van der Waals surface area (Å²) >= 11 is 0. The summed E-state index contributed by atoms with van der Waals surface area (Å²) in [6.45, 7) is 2.37. The van der Waals surface area contributed by atoms with Crippen molar-refractivity contribution in [2.75, 3.05) is 39.5 Å². The third-order valence-electron chi connectivity index (χ3n) is 5.43. The van der Waals surface area contributed by atoms with E-state index in [1.807, 2.05) is 24.3 Å². The Labute approximate surface area is 198 Å². The van der Waals surface area contributed by atoms with Crippen molar-refractivity contribution in [1.82, 2.24) is 10.6 Å². The number of ether oxygens (including phenoxy) is 3. The summed E-state index contributed by atoms with van der Waals surface area (Å²) in [4.78, 5) is 34.9. The lowest BCUT2D eigenvalue weighted by Gasteiger charge is -2.18. The molecule has 0 fully saturated rings. The van der Waals surface area contributed by atoms with Crippen molar-refractivity contribution in [1.29, 1.82) is 0 Å². The number of carboxylic acid groups (broad SMARTS) is 1. The van der Waals surface area contributed by atoms with E-state index in [2.05, 4.69) is 34.9 Å². The van der Waals surface area contributed by atoms with Crippen LogP contribution in [0.15, 0.2) is 48.5 Å². The number of aliphatic carboxylic acids is 1. The number of alkyl carbamates (subject to hydrolysis) is 1. The fourth-order valence-electron chi connectivity index (χ4n) is 3.97. The van der Waals surface area contributed by atoms with E-state index in [0.717, 1.165) is 22.3 Å². The van der Waals surface area contributed by atoms with Gasteiger partial charge in [-0.05, 0) is 29.2 Å². The van der Waals surface area contributed by atoms with E-state index in [-0.39, 0.29) is 44.5 Å². The first-order valence-electron chi connectivity index (χ1n) is 11.3. The minimum Gasteiger partial charge on any atom is -0.480 e. The van der Waals surface area contributed by atoms with Crippen LogP contribution in [0.5, 0.6) is 0 Å². The zero-order valence-corrected chi connectivity index (χ0v) is 19.1. The molecule has 9 heteroatoms. The molecule has 0 saturated heterocycles. The second kappa shape index (κ2) is 12.7. The molecule has 0 spiro atoms. The maximum Gasteiger partial charge on any atom is 0.407 e. The van der Waals surface area contributed by atoms with Crippen LogP contribution in [0.2, 0.25) is 0 Å². The topological polar surface area (TPSA) is 123 Å². The molecule has 0 radical (unpaired) electrons. The Morgan fingerprint density at radius 1 is 1.00 bits per heavy atom. The third kappa shape index (κ3) is 7.03. The van der Waals surface area contributed by atoms with Gasteiger partial charge in [-0.3, -0.25) is 4.79 Å². The van der Waals surface area contributed by atoms with Gasteiger partial charge in [-0.2, -0.15) is 0 Å². The van der Waals surface area contributed by atoms with Crippen molar-refractivity contribution in [3.63, 3.8) is 0 Å². The van der Waals surface area contributed by atoms with Crippen LogP contribution in [0.4, 0.5) is 4.79 Å². The van der Waals surface area contributed by atoms with Crippen molar-refractivity contribution in [2.24, 2.45) is 0 Å². The zero-order valence-electron chi connectivity index (χ0n) is 19.1. The first-order chi connectivity index (χ1) is 16.5. The molecular formula is C25H30N2O7. The molecule has 1 unspecified atom stereocenters. The highest BCUT2D eigenvalue weighted by Gasteiger charge is 2.29. The van der Waals surface area contributed by atoms with Crippen molar-refractivity contribution in [3.8, 4) is 11.1 Å². The summed E-state index contributed by atoms with van der Waals surface area (Å²) in [5.41, 5.74) is 4.58. The van der Waals surface area contributed by atoms with Gasteiger partial charge in [0.25, 0.3) is 0 Å². The van der Waals surface area contributed by atoms with Crippen LogP contribution in [0.1, 0.15) is 30.4 Å². The van der Waals surface area contributed by atoms with Gasteiger partial charge in [-0.25, -0.2) is 9.59 Å². The largest absolute Gasteiger partial charge is 0.480 e. The molecule has 2 aromatic rings. The van der Waals surface area contributed by atoms with Gasteiger partial charge in [0.05, 0.1) is 19.1 Å². The maximum absolute atomic E-state index is 12.4. The van der Waals surface area contributed by atoms with Gasteiger partial charge >= 0.3 is 12.1 Å². The van der Waals surface area contributed by atoms with Crippen molar-refractivity contribution in [2.45, 2.75) is 25.4 Å². The minimum atomic E-state index is -1.07. The SMILES string of the molecule is CCOC(CNC(=O)OCC1c2ccccc2-c2ccccc21)CC(=O)NCCOCC(=O)O. The van der Waals surface area contributed by atoms with Gasteiger partial charge in [0.2, 0.25) is 5.91 Å². The summed E-state index contributed by atoms with van der Waals surface area (Å²) < 4.78 is 15.9. The first kappa shape index (κ1) is 25.2. The number of fused-ring (bicyclic) bond motifs is 3. The van der Waals surface area contributed by atoms with Gasteiger partial charge in [-0.1, -0.05) is 48.5 Å². The molecule has 0 bridgehead atoms. The normalized spacial score (nSPS) is 13.0. The minimum absolute atomic E-state index is 0.0324. The van der Waals surface area contributed by atoms with Crippen LogP contribution in [0.25, 0.3) is 11.1 Å². The molecule has 0 saturated carbocycles. The van der Waals surface area contributed by atoms with Crippen LogP contribution in [0, 0.1) is 0 Å². The van der Waals surface area contributed by atoms with Gasteiger partial charge in [0.1, 0.15) is 13.2 Å². The molecule has 1 atom stereocenters. The molecule has 0 aliphatic heterocycles. The zero-order chi connectivity index (χ0) is 24.3. The van der Waals surface area contributed by atoms with Crippen LogP contribution in [0.3, 0.4) is 0 Å². The van der Waals surface area contributed by atoms with Crippen LogP contribution in [-0.2, 0) is 23.8 Å². The maximum atomic E-state index is 12.4. The highest BCUT2D eigenvalue weighted by atomic mass is 16.5. The van der Waals surface area contributed by atoms with Gasteiger partial charge in [0.15, 0.2) is 0 Å². The number of carboxylic acids is 1. The van der Waals surface area contributed by atoms with E-state index >= 15 is 0 Å². The molecule has 3 rings (SSSR count). The molecule has 1 aliphatic rings. The number of amides is 2. The molecule has 9 nitrogen and oxygen atoms in total. The molecule has 1 aliphatic carbocycles. The van der Waals surface area contributed by atoms with Crippen molar-refractivity contribution >= 4 is 18.0 Å². The van der Waals surface area contributed by atoms with Crippen LogP contribution < -0.4 is 10.6 Å². The van der Waals surface area contributed by atoms with E-state index in [1.54, 1.807) is 6.92 Å². The average Bonchev–Trinajstić information content (AvgIpc) is 3.14. The molecule has 2 amide bonds. The highest BCUT2D eigenvalue weighted by Crippen LogP contribution is 2.44.